The maximum Gasteiger partial charge on any atom is 0.319 e. The number of nitro benzene ring substituents is 2. The SMILES string of the molecule is COc1ccc(Nc2ccc3c(O)c(N=Nc4cc([N+](=O)[O-])cc([N+](=O)[O-])c4O)c(S(=O)(=O)O)cc3c2)cc1.Oc1ccc(Cl)cc1N=Nc1c(O)ccc2ccccc12.[Cr]. The molecule has 0 fully saturated rings. The molecule has 6 N–H and O–H groups in total. The molecule has 310 valence electrons. The molecule has 0 saturated heterocycles. The van der Waals surface area contributed by atoms with Gasteiger partial charge < -0.3 is 30.5 Å². The third kappa shape index (κ3) is 10.3. The van der Waals surface area contributed by atoms with Gasteiger partial charge in [0.25, 0.3) is 15.8 Å². The second-order valence-corrected chi connectivity index (χ2v) is 14.2. The van der Waals surface area contributed by atoms with E-state index in [0.29, 0.717) is 40.0 Å². The van der Waals surface area contributed by atoms with E-state index in [0.717, 1.165) is 16.8 Å². The second-order valence-electron chi connectivity index (χ2n) is 12.4. The molecule has 0 amide bonds. The first-order chi connectivity index (χ1) is 28.5. The predicted molar refractivity (Wildman–Crippen MR) is 220 cm³/mol. The van der Waals surface area contributed by atoms with E-state index in [2.05, 4.69) is 25.8 Å². The number of rotatable bonds is 10. The standard InChI is InChI=1S/C23H17N5O10S.C16H11ClN2O2.Cr/c1-38-16-5-2-13(3-6-16)24-14-4-7-17-12(8-14)9-20(39(35,36)37)21(22(17)29)26-25-18-10-15(27(31)32)11-19(23(18)30)28(33)34;17-11-6-8-14(20)13(9-11)18-19-16-12-4-2-1-3-10(12)5-7-15(16)21;/h2-11,24,29-30H,1H3,(H,35,36,37);1-9,20-21H;. The number of benzene rings is 7. The topological polar surface area (TPSA) is 292 Å². The van der Waals surface area contributed by atoms with Crippen molar-refractivity contribution >= 4 is 88.8 Å². The third-order valence-corrected chi connectivity index (χ3v) is 9.60. The van der Waals surface area contributed by atoms with Gasteiger partial charge in [0.2, 0.25) is 5.75 Å². The minimum Gasteiger partial charge on any atom is -0.506 e. The van der Waals surface area contributed by atoms with Crippen LogP contribution in [-0.4, -0.2) is 50.4 Å². The zero-order valence-corrected chi connectivity index (χ0v) is 33.8. The van der Waals surface area contributed by atoms with Crippen molar-refractivity contribution in [2.75, 3.05) is 12.4 Å². The number of hydrogen-bond donors (Lipinski definition) is 6. The van der Waals surface area contributed by atoms with E-state index >= 15 is 0 Å². The van der Waals surface area contributed by atoms with Crippen LogP contribution >= 0.6 is 11.6 Å². The molecule has 19 nitrogen and oxygen atoms in total. The Bertz CT molecular complexity index is 3010. The molecule has 7 aromatic rings. The molecule has 22 heteroatoms. The largest absolute Gasteiger partial charge is 0.506 e. The Kier molecular flexibility index (Phi) is 13.7. The molecule has 0 unspecified atom stereocenters. The first-order valence-electron chi connectivity index (χ1n) is 16.9. The summed E-state index contributed by atoms with van der Waals surface area (Å²) in [5.41, 5.74) is -1.61. The minimum absolute atomic E-state index is 0. The predicted octanol–water partition coefficient (Wildman–Crippen LogP) is 10.8. The van der Waals surface area contributed by atoms with Crippen molar-refractivity contribution in [1.82, 2.24) is 0 Å². The molecule has 0 radical (unpaired) electrons. The second kappa shape index (κ2) is 18.7. The summed E-state index contributed by atoms with van der Waals surface area (Å²) in [6.07, 6.45) is 0. The summed E-state index contributed by atoms with van der Waals surface area (Å²) < 4.78 is 39.2. The molecule has 0 spiro atoms. The molecule has 0 aliphatic rings. The number of phenols is 4. The monoisotopic (exact) mass is 905 g/mol. The molecule has 0 aromatic heterocycles. The first-order valence-corrected chi connectivity index (χ1v) is 18.7. The number of nitro groups is 2. The Balaban J connectivity index is 0.000000269. The van der Waals surface area contributed by atoms with Crippen molar-refractivity contribution in [3.63, 3.8) is 0 Å². The molecule has 7 aromatic carbocycles. The van der Waals surface area contributed by atoms with Crippen molar-refractivity contribution in [1.29, 1.82) is 0 Å². The molecular formula is C39H28ClCrN7O12S. The van der Waals surface area contributed by atoms with Crippen LogP contribution in [-0.2, 0) is 27.5 Å². The summed E-state index contributed by atoms with van der Waals surface area (Å²) in [4.78, 5) is 19.4. The fourth-order valence-electron chi connectivity index (χ4n) is 5.61. The summed E-state index contributed by atoms with van der Waals surface area (Å²) in [6.45, 7) is 0. The van der Waals surface area contributed by atoms with Gasteiger partial charge in [-0.05, 0) is 83.6 Å². The van der Waals surface area contributed by atoms with Gasteiger partial charge in [0, 0.05) is 50.6 Å². The summed E-state index contributed by atoms with van der Waals surface area (Å²) >= 11 is 5.86. The van der Waals surface area contributed by atoms with Crippen LogP contribution in [0.1, 0.15) is 0 Å². The van der Waals surface area contributed by atoms with E-state index in [1.807, 2.05) is 24.3 Å². The molecule has 0 atom stereocenters. The van der Waals surface area contributed by atoms with E-state index in [-0.39, 0.29) is 45.3 Å². The van der Waals surface area contributed by atoms with E-state index < -0.39 is 59.1 Å². The number of fused-ring (bicyclic) bond motifs is 2. The number of non-ortho nitro benzene ring substituents is 1. The Morgan fingerprint density at radius 1 is 0.656 bits per heavy atom. The van der Waals surface area contributed by atoms with Crippen molar-refractivity contribution in [2.24, 2.45) is 20.5 Å². The van der Waals surface area contributed by atoms with E-state index in [4.69, 9.17) is 16.3 Å². The van der Waals surface area contributed by atoms with Crippen molar-refractivity contribution in [3.8, 4) is 28.7 Å². The number of anilines is 2. The number of hydrogen-bond acceptors (Lipinski definition) is 16. The zero-order valence-electron chi connectivity index (χ0n) is 30.9. The zero-order chi connectivity index (χ0) is 43.3. The molecule has 0 aliphatic heterocycles. The van der Waals surface area contributed by atoms with Crippen LogP contribution in [0.5, 0.6) is 28.7 Å². The number of phenolic OH excluding ortho intramolecular Hbond substituents is 4. The number of methoxy groups -OCH3 is 1. The van der Waals surface area contributed by atoms with E-state index in [1.165, 1.54) is 31.4 Å². The maximum absolute atomic E-state index is 12.1. The molecule has 61 heavy (non-hydrogen) atoms. The average Bonchev–Trinajstić information content (AvgIpc) is 3.21. The van der Waals surface area contributed by atoms with Gasteiger partial charge in [-0.1, -0.05) is 41.9 Å². The molecule has 7 rings (SSSR count). The Labute approximate surface area is 359 Å². The van der Waals surface area contributed by atoms with Crippen LogP contribution < -0.4 is 10.1 Å². The number of aromatic hydroxyl groups is 4. The van der Waals surface area contributed by atoms with Gasteiger partial charge in [-0.25, -0.2) is 0 Å². The average molecular weight is 906 g/mol. The van der Waals surface area contributed by atoms with Crippen molar-refractivity contribution in [3.05, 3.63) is 141 Å². The summed E-state index contributed by atoms with van der Waals surface area (Å²) in [6, 6.07) is 29.0. The molecule has 0 bridgehead atoms. The van der Waals surface area contributed by atoms with Gasteiger partial charge in [0.05, 0.1) is 23.0 Å². The summed E-state index contributed by atoms with van der Waals surface area (Å²) in [5, 5.41) is 83.6. The fraction of sp³-hybridized carbons (Fsp3) is 0.0256. The Morgan fingerprint density at radius 3 is 1.98 bits per heavy atom. The van der Waals surface area contributed by atoms with Gasteiger partial charge in [0.15, 0.2) is 5.75 Å². The number of ether oxygens (including phenoxy) is 1. The van der Waals surface area contributed by atoms with Gasteiger partial charge >= 0.3 is 5.69 Å². The quantitative estimate of drug-likeness (QED) is 0.0322. The number of azo groups is 2. The Morgan fingerprint density at radius 2 is 1.31 bits per heavy atom. The minimum atomic E-state index is -5.01. The Hall–Kier alpha value is -7.41. The van der Waals surface area contributed by atoms with E-state index in [9.17, 15) is 53.6 Å². The third-order valence-electron chi connectivity index (χ3n) is 8.50. The van der Waals surface area contributed by atoms with Crippen LogP contribution in [0.4, 0.5) is 45.5 Å². The van der Waals surface area contributed by atoms with Crippen LogP contribution in [0.15, 0.2) is 141 Å². The first kappa shape index (κ1) is 44.7. The molecule has 0 aliphatic carbocycles. The molecule has 0 heterocycles. The normalized spacial score (nSPS) is 11.3. The summed E-state index contributed by atoms with van der Waals surface area (Å²) in [5.74, 6) is -1.19. The number of halogens is 1. The van der Waals surface area contributed by atoms with Crippen LogP contribution in [0.25, 0.3) is 21.5 Å². The smallest absolute Gasteiger partial charge is 0.319 e. The van der Waals surface area contributed by atoms with Gasteiger partial charge in [0.1, 0.15) is 44.9 Å². The van der Waals surface area contributed by atoms with Gasteiger partial charge in [-0.15, -0.1) is 20.5 Å². The fourth-order valence-corrected chi connectivity index (χ4v) is 6.43. The van der Waals surface area contributed by atoms with E-state index in [1.54, 1.807) is 48.5 Å². The number of nitrogens with one attached hydrogen (secondary N) is 1. The number of nitrogens with zero attached hydrogens (tertiary/aromatic N) is 6. The maximum atomic E-state index is 12.1. The molecular weight excluding hydrogens is 878 g/mol. The van der Waals surface area contributed by atoms with Crippen LogP contribution in [0.3, 0.4) is 0 Å². The van der Waals surface area contributed by atoms with Crippen LogP contribution in [0, 0.1) is 20.2 Å². The molecule has 0 saturated carbocycles. The van der Waals surface area contributed by atoms with Gasteiger partial charge in [-0.2, -0.15) is 8.42 Å². The van der Waals surface area contributed by atoms with Crippen LogP contribution in [0.2, 0.25) is 5.02 Å². The summed E-state index contributed by atoms with van der Waals surface area (Å²) in [7, 11) is -3.49. The van der Waals surface area contributed by atoms with Gasteiger partial charge in [-0.3, -0.25) is 24.8 Å². The van der Waals surface area contributed by atoms with Crippen molar-refractivity contribution < 1.29 is 65.3 Å². The van der Waals surface area contributed by atoms with Crippen molar-refractivity contribution in [2.45, 2.75) is 4.90 Å².